The minimum Gasteiger partial charge on any atom is -0.325 e. The largest absolute Gasteiger partial charge is 0.325 e. The molecule has 1 aliphatic carbocycles. The summed E-state index contributed by atoms with van der Waals surface area (Å²) in [5, 5.41) is 2.87. The van der Waals surface area contributed by atoms with Crippen molar-refractivity contribution in [1.82, 2.24) is 0 Å². The molecule has 1 atom stereocenters. The smallest absolute Gasteiger partial charge is 0.242 e. The second-order valence-corrected chi connectivity index (χ2v) is 5.39. The lowest BCUT2D eigenvalue weighted by Gasteiger charge is -2.26. The Morgan fingerprint density at radius 2 is 2.00 bits per heavy atom. The Hall–Kier alpha value is -1.17. The van der Waals surface area contributed by atoms with Crippen LogP contribution in [0.2, 0.25) is 0 Å². The standard InChI is InChI=1S/C15H16INO2/c1-11(18)15(9-5-6-12(15)10-16)14(19)17-13-7-3-2-4-8-13/h2-4,7-8,10H,5-6,9H2,1H3,(H,17,19)/b12-10+. The van der Waals surface area contributed by atoms with Gasteiger partial charge in [-0.25, -0.2) is 0 Å². The molecule has 2 rings (SSSR count). The van der Waals surface area contributed by atoms with Crippen LogP contribution in [0.3, 0.4) is 0 Å². The third kappa shape index (κ3) is 2.59. The van der Waals surface area contributed by atoms with E-state index in [-0.39, 0.29) is 11.7 Å². The number of hydrogen-bond donors (Lipinski definition) is 1. The SMILES string of the molecule is CC(=O)C1(C(=O)Nc2ccccc2)CCC/C1=C\I. The Kier molecular flexibility index (Phi) is 4.39. The zero-order valence-electron chi connectivity index (χ0n) is 10.8. The maximum atomic E-state index is 12.6. The Labute approximate surface area is 126 Å². The molecule has 0 aliphatic heterocycles. The maximum absolute atomic E-state index is 12.6. The molecule has 0 aromatic heterocycles. The quantitative estimate of drug-likeness (QED) is 0.652. The van der Waals surface area contributed by atoms with Gasteiger partial charge in [-0.05, 0) is 48.0 Å². The molecule has 1 N–H and O–H groups in total. The average molecular weight is 369 g/mol. The van der Waals surface area contributed by atoms with E-state index in [0.29, 0.717) is 6.42 Å². The van der Waals surface area contributed by atoms with Crippen molar-refractivity contribution in [2.24, 2.45) is 5.41 Å². The number of halogens is 1. The summed E-state index contributed by atoms with van der Waals surface area (Å²) in [4.78, 5) is 24.6. The van der Waals surface area contributed by atoms with Gasteiger partial charge in [-0.3, -0.25) is 9.59 Å². The maximum Gasteiger partial charge on any atom is 0.242 e. The highest BCUT2D eigenvalue weighted by atomic mass is 127. The molecule has 1 unspecified atom stereocenters. The summed E-state index contributed by atoms with van der Waals surface area (Å²) < 4.78 is 1.89. The first kappa shape index (κ1) is 14.2. The third-order valence-electron chi connectivity index (χ3n) is 3.70. The molecule has 0 saturated heterocycles. The molecule has 0 bridgehead atoms. The van der Waals surface area contributed by atoms with Crippen molar-refractivity contribution in [1.29, 1.82) is 0 Å². The molecule has 4 heteroatoms. The summed E-state index contributed by atoms with van der Waals surface area (Å²) >= 11 is 2.12. The van der Waals surface area contributed by atoms with E-state index < -0.39 is 5.41 Å². The van der Waals surface area contributed by atoms with Crippen molar-refractivity contribution in [2.75, 3.05) is 5.32 Å². The van der Waals surface area contributed by atoms with Crippen LogP contribution in [0.1, 0.15) is 26.2 Å². The van der Waals surface area contributed by atoms with Crippen molar-refractivity contribution in [2.45, 2.75) is 26.2 Å². The highest BCUT2D eigenvalue weighted by Crippen LogP contribution is 2.45. The van der Waals surface area contributed by atoms with Gasteiger partial charge in [0.1, 0.15) is 11.2 Å². The Morgan fingerprint density at radius 1 is 1.32 bits per heavy atom. The summed E-state index contributed by atoms with van der Waals surface area (Å²) in [6.45, 7) is 1.51. The lowest BCUT2D eigenvalue weighted by atomic mass is 9.78. The number of rotatable bonds is 3. The fourth-order valence-corrected chi connectivity index (χ4v) is 3.49. The second-order valence-electron chi connectivity index (χ2n) is 4.77. The van der Waals surface area contributed by atoms with E-state index in [4.69, 9.17) is 0 Å². The molecular formula is C15H16INO2. The van der Waals surface area contributed by atoms with Gasteiger partial charge in [0.05, 0.1) is 0 Å². The number of hydrogen-bond acceptors (Lipinski definition) is 2. The summed E-state index contributed by atoms with van der Waals surface area (Å²) in [7, 11) is 0. The number of anilines is 1. The number of carbonyl (C=O) groups is 2. The normalized spacial score (nSPS) is 24.4. The first-order chi connectivity index (χ1) is 9.11. The number of nitrogens with one attached hydrogen (secondary N) is 1. The number of amides is 1. The number of benzene rings is 1. The number of carbonyl (C=O) groups excluding carboxylic acids is 2. The van der Waals surface area contributed by atoms with E-state index in [1.807, 2.05) is 34.4 Å². The molecule has 100 valence electrons. The Balaban J connectivity index is 2.31. The van der Waals surface area contributed by atoms with Crippen LogP contribution in [0.15, 0.2) is 40.0 Å². The predicted molar refractivity (Wildman–Crippen MR) is 84.1 cm³/mol. The van der Waals surface area contributed by atoms with Crippen LogP contribution in [0.25, 0.3) is 0 Å². The predicted octanol–water partition coefficient (Wildman–Crippen LogP) is 3.70. The molecule has 1 aromatic rings. The van der Waals surface area contributed by atoms with Crippen molar-refractivity contribution in [3.05, 3.63) is 40.0 Å². The molecule has 1 saturated carbocycles. The second kappa shape index (κ2) is 5.86. The topological polar surface area (TPSA) is 46.2 Å². The van der Waals surface area contributed by atoms with Crippen molar-refractivity contribution in [3.63, 3.8) is 0 Å². The average Bonchev–Trinajstić information content (AvgIpc) is 2.84. The van der Waals surface area contributed by atoms with E-state index in [1.54, 1.807) is 0 Å². The molecule has 1 aromatic carbocycles. The van der Waals surface area contributed by atoms with E-state index in [1.165, 1.54) is 6.92 Å². The molecule has 1 aliphatic rings. The van der Waals surface area contributed by atoms with Crippen LogP contribution in [0, 0.1) is 5.41 Å². The van der Waals surface area contributed by atoms with Crippen molar-refractivity contribution >= 4 is 40.0 Å². The lowest BCUT2D eigenvalue weighted by Crippen LogP contribution is -2.41. The fourth-order valence-electron chi connectivity index (χ4n) is 2.65. The minimum absolute atomic E-state index is 0.0682. The van der Waals surface area contributed by atoms with Crippen molar-refractivity contribution < 1.29 is 9.59 Å². The van der Waals surface area contributed by atoms with Gasteiger partial charge in [0.2, 0.25) is 5.91 Å². The van der Waals surface area contributed by atoms with Gasteiger partial charge in [-0.2, -0.15) is 0 Å². The molecule has 0 heterocycles. The summed E-state index contributed by atoms with van der Waals surface area (Å²) in [5.74, 6) is -0.270. The molecule has 1 fully saturated rings. The molecule has 1 amide bonds. The van der Waals surface area contributed by atoms with Crippen LogP contribution in [-0.2, 0) is 9.59 Å². The number of para-hydroxylation sites is 1. The van der Waals surface area contributed by atoms with Gasteiger partial charge in [-0.15, -0.1) is 0 Å². The van der Waals surface area contributed by atoms with E-state index >= 15 is 0 Å². The molecular weight excluding hydrogens is 353 g/mol. The number of Topliss-reactive ketones (excluding diaryl/α,β-unsaturated/α-hetero) is 1. The summed E-state index contributed by atoms with van der Waals surface area (Å²) in [6.07, 6.45) is 2.32. The van der Waals surface area contributed by atoms with Gasteiger partial charge in [0, 0.05) is 5.69 Å². The molecule has 3 nitrogen and oxygen atoms in total. The fraction of sp³-hybridized carbons (Fsp3) is 0.333. The monoisotopic (exact) mass is 369 g/mol. The van der Waals surface area contributed by atoms with E-state index in [2.05, 4.69) is 27.9 Å². The van der Waals surface area contributed by atoms with Gasteiger partial charge < -0.3 is 5.32 Å². The Morgan fingerprint density at radius 3 is 2.58 bits per heavy atom. The van der Waals surface area contributed by atoms with Crippen LogP contribution >= 0.6 is 22.6 Å². The van der Waals surface area contributed by atoms with Crippen molar-refractivity contribution in [3.8, 4) is 0 Å². The van der Waals surface area contributed by atoms with Crippen LogP contribution in [0.4, 0.5) is 5.69 Å². The van der Waals surface area contributed by atoms with Gasteiger partial charge in [0.25, 0.3) is 0 Å². The molecule has 0 radical (unpaired) electrons. The number of ketones is 1. The van der Waals surface area contributed by atoms with E-state index in [0.717, 1.165) is 24.1 Å². The first-order valence-electron chi connectivity index (χ1n) is 6.28. The lowest BCUT2D eigenvalue weighted by molar-refractivity contribution is -0.134. The van der Waals surface area contributed by atoms with Gasteiger partial charge in [-0.1, -0.05) is 40.8 Å². The van der Waals surface area contributed by atoms with Crippen LogP contribution < -0.4 is 5.32 Å². The summed E-state index contributed by atoms with van der Waals surface area (Å²) in [5.41, 5.74) is 0.707. The minimum atomic E-state index is -0.961. The highest BCUT2D eigenvalue weighted by Gasteiger charge is 2.49. The van der Waals surface area contributed by atoms with Gasteiger partial charge in [0.15, 0.2) is 0 Å². The highest BCUT2D eigenvalue weighted by molar-refractivity contribution is 14.1. The Bertz CT molecular complexity index is 524. The zero-order valence-corrected chi connectivity index (χ0v) is 12.9. The molecule has 19 heavy (non-hydrogen) atoms. The molecule has 0 spiro atoms. The summed E-state index contributed by atoms with van der Waals surface area (Å²) in [6, 6.07) is 9.27. The van der Waals surface area contributed by atoms with Gasteiger partial charge >= 0.3 is 0 Å². The zero-order chi connectivity index (χ0) is 13.9. The first-order valence-corrected chi connectivity index (χ1v) is 7.53. The third-order valence-corrected chi connectivity index (χ3v) is 4.45. The van der Waals surface area contributed by atoms with E-state index in [9.17, 15) is 9.59 Å². The van der Waals surface area contributed by atoms with Crippen LogP contribution in [0.5, 0.6) is 0 Å². The van der Waals surface area contributed by atoms with Crippen LogP contribution in [-0.4, -0.2) is 11.7 Å².